The molecule has 0 aliphatic heterocycles. The Hall–Kier alpha value is -2.15. The molecule has 0 aliphatic carbocycles. The molecule has 0 bridgehead atoms. The summed E-state index contributed by atoms with van der Waals surface area (Å²) in [6.45, 7) is 4.72. The first kappa shape index (κ1) is 14.8. The highest BCUT2D eigenvalue weighted by Gasteiger charge is 2.15. The van der Waals surface area contributed by atoms with Crippen LogP contribution in [-0.4, -0.2) is 25.6 Å². The van der Waals surface area contributed by atoms with Gasteiger partial charge in [0.15, 0.2) is 21.7 Å². The topological polar surface area (TPSA) is 81.6 Å². The summed E-state index contributed by atoms with van der Waals surface area (Å²) in [5.74, 6) is 0.891. The number of hydrogen-bond donors (Lipinski definition) is 2. The van der Waals surface area contributed by atoms with Gasteiger partial charge in [0, 0.05) is 6.04 Å². The molecule has 3 rings (SSSR count). The van der Waals surface area contributed by atoms with Gasteiger partial charge in [-0.3, -0.25) is 4.57 Å². The number of nitrogen functional groups attached to an aromatic ring is 1. The number of nitrogens with zero attached hydrogens (tertiary/aromatic N) is 4. The lowest BCUT2D eigenvalue weighted by Gasteiger charge is -2.10. The van der Waals surface area contributed by atoms with Crippen molar-refractivity contribution in [1.82, 2.24) is 19.5 Å². The van der Waals surface area contributed by atoms with Crippen LogP contribution in [-0.2, 0) is 6.54 Å². The van der Waals surface area contributed by atoms with Gasteiger partial charge in [-0.25, -0.2) is 4.98 Å². The molecule has 0 aliphatic rings. The second-order valence-corrected chi connectivity index (χ2v) is 6.07. The third kappa shape index (κ3) is 2.89. The zero-order valence-electron chi connectivity index (χ0n) is 12.4. The Kier molecular flexibility index (Phi) is 3.98. The predicted molar refractivity (Wildman–Crippen MR) is 91.7 cm³/mol. The summed E-state index contributed by atoms with van der Waals surface area (Å²) < 4.78 is 2.67. The summed E-state index contributed by atoms with van der Waals surface area (Å²) in [7, 11) is 0. The molecular weight excluding hydrogens is 344 g/mol. The van der Waals surface area contributed by atoms with Crippen molar-refractivity contribution in [3.05, 3.63) is 40.6 Å². The van der Waals surface area contributed by atoms with Crippen molar-refractivity contribution in [2.45, 2.75) is 26.4 Å². The van der Waals surface area contributed by atoms with E-state index in [-0.39, 0.29) is 6.04 Å². The van der Waals surface area contributed by atoms with Crippen LogP contribution in [0.3, 0.4) is 0 Å². The fourth-order valence-electron chi connectivity index (χ4n) is 2.22. The molecule has 0 amide bonds. The van der Waals surface area contributed by atoms with Crippen LogP contribution in [0.2, 0.25) is 0 Å². The molecule has 0 saturated heterocycles. The van der Waals surface area contributed by atoms with E-state index < -0.39 is 0 Å². The lowest BCUT2D eigenvalue weighted by molar-refractivity contribution is 0.789. The zero-order chi connectivity index (χ0) is 15.7. The highest BCUT2D eigenvalue weighted by Crippen LogP contribution is 2.24. The number of benzene rings is 1. The number of aromatic nitrogens is 4. The van der Waals surface area contributed by atoms with E-state index in [4.69, 9.17) is 5.73 Å². The molecule has 3 aromatic rings. The molecule has 0 atom stereocenters. The van der Waals surface area contributed by atoms with Gasteiger partial charge in [-0.1, -0.05) is 30.3 Å². The Morgan fingerprint density at radius 3 is 2.59 bits per heavy atom. The van der Waals surface area contributed by atoms with Crippen molar-refractivity contribution in [3.8, 4) is 0 Å². The fraction of sp³-hybridized carbons (Fsp3) is 0.267. The molecule has 7 heteroatoms. The van der Waals surface area contributed by atoms with Crippen LogP contribution in [0.5, 0.6) is 0 Å². The van der Waals surface area contributed by atoms with Crippen LogP contribution in [0, 0.1) is 0 Å². The van der Waals surface area contributed by atoms with E-state index in [0.29, 0.717) is 34.2 Å². The summed E-state index contributed by atoms with van der Waals surface area (Å²) in [5, 5.41) is 3.18. The van der Waals surface area contributed by atoms with E-state index in [1.165, 1.54) is 0 Å². The summed E-state index contributed by atoms with van der Waals surface area (Å²) in [6.07, 6.45) is 0. The smallest absolute Gasteiger partial charge is 0.226 e. The van der Waals surface area contributed by atoms with Gasteiger partial charge in [-0.05, 0) is 35.3 Å². The van der Waals surface area contributed by atoms with Crippen LogP contribution in [0.15, 0.2) is 35.1 Å². The first-order valence-corrected chi connectivity index (χ1v) is 7.83. The molecule has 0 fully saturated rings. The number of fused-ring (bicyclic) bond motifs is 1. The monoisotopic (exact) mass is 360 g/mol. The molecular formula is C15H17BrN6. The molecule has 3 N–H and O–H groups in total. The Bertz CT molecular complexity index is 797. The number of anilines is 2. The van der Waals surface area contributed by atoms with E-state index in [1.807, 2.05) is 36.6 Å². The maximum absolute atomic E-state index is 6.02. The molecule has 0 radical (unpaired) electrons. The van der Waals surface area contributed by atoms with E-state index in [1.54, 1.807) is 0 Å². The standard InChI is InChI=1S/C15H17BrN6/c1-9(2)18-15-20-12(17)11-13(21-15)22(14(16)19-11)8-10-6-4-3-5-7-10/h3-7,9H,8H2,1-2H3,(H3,17,18,20,21). The number of nitrogens with two attached hydrogens (primary N) is 1. The van der Waals surface area contributed by atoms with Crippen LogP contribution in [0.4, 0.5) is 11.8 Å². The average Bonchev–Trinajstić information content (AvgIpc) is 2.77. The highest BCUT2D eigenvalue weighted by atomic mass is 79.9. The highest BCUT2D eigenvalue weighted by molar-refractivity contribution is 9.10. The Labute approximate surface area is 136 Å². The van der Waals surface area contributed by atoms with Gasteiger partial charge < -0.3 is 11.1 Å². The van der Waals surface area contributed by atoms with Crippen molar-refractivity contribution in [2.75, 3.05) is 11.1 Å². The lowest BCUT2D eigenvalue weighted by Crippen LogP contribution is -2.14. The Balaban J connectivity index is 2.09. The zero-order valence-corrected chi connectivity index (χ0v) is 14.0. The molecule has 6 nitrogen and oxygen atoms in total. The van der Waals surface area contributed by atoms with Crippen LogP contribution < -0.4 is 11.1 Å². The van der Waals surface area contributed by atoms with E-state index in [2.05, 4.69) is 48.3 Å². The van der Waals surface area contributed by atoms with Crippen LogP contribution >= 0.6 is 15.9 Å². The van der Waals surface area contributed by atoms with E-state index in [0.717, 1.165) is 5.56 Å². The number of hydrogen-bond acceptors (Lipinski definition) is 5. The number of halogens is 1. The summed E-state index contributed by atoms with van der Waals surface area (Å²) in [6, 6.07) is 10.4. The molecule has 0 saturated carbocycles. The van der Waals surface area contributed by atoms with Crippen molar-refractivity contribution in [2.24, 2.45) is 0 Å². The van der Waals surface area contributed by atoms with Gasteiger partial charge in [-0.2, -0.15) is 9.97 Å². The summed E-state index contributed by atoms with van der Waals surface area (Å²) >= 11 is 3.48. The van der Waals surface area contributed by atoms with Crippen molar-refractivity contribution in [1.29, 1.82) is 0 Å². The van der Waals surface area contributed by atoms with E-state index in [9.17, 15) is 0 Å². The quantitative estimate of drug-likeness (QED) is 0.698. The maximum Gasteiger partial charge on any atom is 0.226 e. The van der Waals surface area contributed by atoms with Gasteiger partial charge >= 0.3 is 0 Å². The minimum absolute atomic E-state index is 0.228. The van der Waals surface area contributed by atoms with Gasteiger partial charge in [0.2, 0.25) is 5.95 Å². The van der Waals surface area contributed by atoms with Gasteiger partial charge in [0.05, 0.1) is 6.54 Å². The summed E-state index contributed by atoms with van der Waals surface area (Å²) in [5.41, 5.74) is 8.51. The molecule has 2 heterocycles. The predicted octanol–water partition coefficient (Wildman–Crippen LogP) is 3.04. The van der Waals surface area contributed by atoms with Crippen molar-refractivity contribution < 1.29 is 0 Å². The van der Waals surface area contributed by atoms with Crippen LogP contribution in [0.25, 0.3) is 11.2 Å². The third-order valence-corrected chi connectivity index (χ3v) is 3.78. The molecule has 2 aromatic heterocycles. The normalized spacial score (nSPS) is 11.3. The second kappa shape index (κ2) is 5.92. The van der Waals surface area contributed by atoms with Crippen molar-refractivity contribution in [3.63, 3.8) is 0 Å². The fourth-order valence-corrected chi connectivity index (χ4v) is 2.69. The molecule has 1 aromatic carbocycles. The first-order chi connectivity index (χ1) is 10.5. The second-order valence-electron chi connectivity index (χ2n) is 5.36. The largest absolute Gasteiger partial charge is 0.382 e. The number of rotatable bonds is 4. The number of imidazole rings is 1. The first-order valence-electron chi connectivity index (χ1n) is 7.04. The maximum atomic E-state index is 6.02. The molecule has 114 valence electrons. The number of nitrogens with one attached hydrogen (secondary N) is 1. The lowest BCUT2D eigenvalue weighted by atomic mass is 10.2. The SMILES string of the molecule is CC(C)Nc1nc(N)c2nc(Br)n(Cc3ccccc3)c2n1. The van der Waals surface area contributed by atoms with Crippen molar-refractivity contribution >= 4 is 38.9 Å². The molecule has 0 spiro atoms. The van der Waals surface area contributed by atoms with Gasteiger partial charge in [-0.15, -0.1) is 0 Å². The minimum atomic E-state index is 0.228. The minimum Gasteiger partial charge on any atom is -0.382 e. The molecule has 22 heavy (non-hydrogen) atoms. The van der Waals surface area contributed by atoms with Gasteiger partial charge in [0.25, 0.3) is 0 Å². The Morgan fingerprint density at radius 2 is 1.91 bits per heavy atom. The van der Waals surface area contributed by atoms with E-state index >= 15 is 0 Å². The third-order valence-electron chi connectivity index (χ3n) is 3.18. The summed E-state index contributed by atoms with van der Waals surface area (Å²) in [4.78, 5) is 13.3. The van der Waals surface area contributed by atoms with Gasteiger partial charge in [0.1, 0.15) is 0 Å². The Morgan fingerprint density at radius 1 is 1.18 bits per heavy atom. The van der Waals surface area contributed by atoms with Crippen LogP contribution in [0.1, 0.15) is 19.4 Å². The molecule has 0 unspecified atom stereocenters. The average molecular weight is 361 g/mol.